The van der Waals surface area contributed by atoms with Crippen molar-refractivity contribution in [3.05, 3.63) is 36.0 Å². The van der Waals surface area contributed by atoms with Gasteiger partial charge in [0.1, 0.15) is 5.82 Å². The zero-order valence-electron chi connectivity index (χ0n) is 9.23. The predicted molar refractivity (Wildman–Crippen MR) is 61.7 cm³/mol. The number of rotatable bonds is 4. The summed E-state index contributed by atoms with van der Waals surface area (Å²) >= 11 is 5.70. The van der Waals surface area contributed by atoms with Crippen molar-refractivity contribution in [1.29, 1.82) is 0 Å². The lowest BCUT2D eigenvalue weighted by molar-refractivity contribution is 0.453. The molecule has 6 heteroatoms. The molecule has 0 aromatic carbocycles. The van der Waals surface area contributed by atoms with Crippen molar-refractivity contribution in [3.63, 3.8) is 0 Å². The molecule has 0 fully saturated rings. The van der Waals surface area contributed by atoms with Crippen molar-refractivity contribution in [2.45, 2.75) is 19.3 Å². The minimum atomic E-state index is -0.433. The Morgan fingerprint density at radius 3 is 2.94 bits per heavy atom. The van der Waals surface area contributed by atoms with E-state index in [-0.39, 0.29) is 5.88 Å². The molecule has 2 aromatic rings. The summed E-state index contributed by atoms with van der Waals surface area (Å²) in [5.41, 5.74) is 0.510. The van der Waals surface area contributed by atoms with Gasteiger partial charge in [-0.25, -0.2) is 9.37 Å². The second kappa shape index (κ2) is 5.14. The normalized spacial score (nSPS) is 10.5. The fourth-order valence-electron chi connectivity index (χ4n) is 1.34. The number of aromatic nitrogens is 3. The highest BCUT2D eigenvalue weighted by Gasteiger charge is 2.08. The van der Waals surface area contributed by atoms with Crippen LogP contribution in [0.5, 0.6) is 11.6 Å². The number of hydrogen-bond acceptors (Lipinski definition) is 3. The van der Waals surface area contributed by atoms with Crippen LogP contribution in [0.2, 0.25) is 0 Å². The first-order valence-corrected chi connectivity index (χ1v) is 5.67. The molecule has 0 amide bonds. The van der Waals surface area contributed by atoms with Gasteiger partial charge in [-0.1, -0.05) is 0 Å². The smallest absolute Gasteiger partial charge is 0.223 e. The Labute approximate surface area is 103 Å². The Bertz CT molecular complexity index is 515. The third-order valence-electron chi connectivity index (χ3n) is 2.18. The Balaban J connectivity index is 2.23. The van der Waals surface area contributed by atoms with E-state index in [0.29, 0.717) is 17.2 Å². The number of aryl methyl sites for hydroxylation is 1. The lowest BCUT2D eigenvalue weighted by atomic mass is 10.3. The first-order chi connectivity index (χ1) is 8.22. The molecule has 0 aliphatic rings. The van der Waals surface area contributed by atoms with Gasteiger partial charge in [0.05, 0.1) is 24.5 Å². The molecule has 2 rings (SSSR count). The van der Waals surface area contributed by atoms with Crippen LogP contribution < -0.4 is 4.74 Å². The number of hydrogen-bond donors (Lipinski definition) is 0. The van der Waals surface area contributed by atoms with Gasteiger partial charge in [-0.2, -0.15) is 5.10 Å². The van der Waals surface area contributed by atoms with Gasteiger partial charge in [0.25, 0.3) is 0 Å². The first kappa shape index (κ1) is 11.9. The summed E-state index contributed by atoms with van der Waals surface area (Å²) in [5.74, 6) is 0.564. The summed E-state index contributed by atoms with van der Waals surface area (Å²) in [6, 6.07) is 1.31. The third-order valence-corrected chi connectivity index (χ3v) is 2.47. The predicted octanol–water partition coefficient (Wildman–Crippen LogP) is 2.97. The SMILES string of the molecule is CCn1cc(Oc2ncc(F)cc2CCl)cn1. The van der Waals surface area contributed by atoms with Gasteiger partial charge in [0, 0.05) is 12.1 Å². The molecule has 0 radical (unpaired) electrons. The molecule has 90 valence electrons. The molecule has 17 heavy (non-hydrogen) atoms. The molecule has 2 heterocycles. The molecule has 0 saturated carbocycles. The fraction of sp³-hybridized carbons (Fsp3) is 0.273. The van der Waals surface area contributed by atoms with Crippen LogP contribution >= 0.6 is 11.6 Å². The zero-order chi connectivity index (χ0) is 12.3. The number of pyridine rings is 1. The molecule has 0 atom stereocenters. The molecule has 0 spiro atoms. The molecular weight excluding hydrogens is 245 g/mol. The van der Waals surface area contributed by atoms with E-state index in [1.807, 2.05) is 6.92 Å². The lowest BCUT2D eigenvalue weighted by Crippen LogP contribution is -1.94. The Morgan fingerprint density at radius 2 is 2.29 bits per heavy atom. The Morgan fingerprint density at radius 1 is 1.47 bits per heavy atom. The van der Waals surface area contributed by atoms with E-state index in [9.17, 15) is 4.39 Å². The minimum absolute atomic E-state index is 0.141. The summed E-state index contributed by atoms with van der Waals surface area (Å²) in [7, 11) is 0. The van der Waals surface area contributed by atoms with Gasteiger partial charge in [-0.05, 0) is 13.0 Å². The lowest BCUT2D eigenvalue weighted by Gasteiger charge is -2.05. The average molecular weight is 256 g/mol. The second-order valence-electron chi connectivity index (χ2n) is 3.39. The van der Waals surface area contributed by atoms with Gasteiger partial charge in [0.15, 0.2) is 5.75 Å². The molecule has 0 unspecified atom stereocenters. The van der Waals surface area contributed by atoms with Crippen molar-refractivity contribution >= 4 is 11.6 Å². The standard InChI is InChI=1S/C11H11ClFN3O/c1-2-16-7-10(6-15-16)17-11-8(4-12)3-9(13)5-14-11/h3,5-7H,2,4H2,1H3. The van der Waals surface area contributed by atoms with E-state index in [1.54, 1.807) is 17.1 Å². The van der Waals surface area contributed by atoms with Crippen LogP contribution in [0.1, 0.15) is 12.5 Å². The van der Waals surface area contributed by atoms with E-state index >= 15 is 0 Å². The quantitative estimate of drug-likeness (QED) is 0.789. The molecular formula is C11H11ClFN3O. The van der Waals surface area contributed by atoms with E-state index < -0.39 is 5.82 Å². The summed E-state index contributed by atoms with van der Waals surface area (Å²) in [6.45, 7) is 2.72. The van der Waals surface area contributed by atoms with Gasteiger partial charge in [0.2, 0.25) is 5.88 Å². The number of ether oxygens (including phenoxy) is 1. The monoisotopic (exact) mass is 255 g/mol. The summed E-state index contributed by atoms with van der Waals surface area (Å²) in [6.07, 6.45) is 4.41. The second-order valence-corrected chi connectivity index (χ2v) is 3.65. The van der Waals surface area contributed by atoms with E-state index in [4.69, 9.17) is 16.3 Å². The molecule has 0 aliphatic carbocycles. The molecule has 0 saturated heterocycles. The average Bonchev–Trinajstić information content (AvgIpc) is 2.79. The van der Waals surface area contributed by atoms with Gasteiger partial charge in [-0.15, -0.1) is 11.6 Å². The first-order valence-electron chi connectivity index (χ1n) is 5.13. The van der Waals surface area contributed by atoms with Crippen LogP contribution in [0, 0.1) is 5.82 Å². The van der Waals surface area contributed by atoms with Crippen LogP contribution in [0.3, 0.4) is 0 Å². The van der Waals surface area contributed by atoms with E-state index in [0.717, 1.165) is 12.7 Å². The molecule has 0 N–H and O–H groups in total. The number of alkyl halides is 1. The topological polar surface area (TPSA) is 39.9 Å². The van der Waals surface area contributed by atoms with Crippen molar-refractivity contribution < 1.29 is 9.13 Å². The van der Waals surface area contributed by atoms with E-state index in [1.165, 1.54) is 6.07 Å². The zero-order valence-corrected chi connectivity index (χ0v) is 9.99. The maximum atomic E-state index is 12.9. The van der Waals surface area contributed by atoms with E-state index in [2.05, 4.69) is 10.1 Å². The fourth-order valence-corrected chi connectivity index (χ4v) is 1.53. The van der Waals surface area contributed by atoms with Crippen LogP contribution in [0.4, 0.5) is 4.39 Å². The molecule has 0 bridgehead atoms. The largest absolute Gasteiger partial charge is 0.435 e. The van der Waals surface area contributed by atoms with Crippen molar-refractivity contribution in [1.82, 2.24) is 14.8 Å². The van der Waals surface area contributed by atoms with Gasteiger partial charge < -0.3 is 4.74 Å². The number of halogens is 2. The van der Waals surface area contributed by atoms with Crippen LogP contribution in [0.25, 0.3) is 0 Å². The summed E-state index contributed by atoms with van der Waals surface area (Å²) in [5, 5.41) is 4.06. The molecule has 4 nitrogen and oxygen atoms in total. The van der Waals surface area contributed by atoms with Crippen molar-refractivity contribution in [2.24, 2.45) is 0 Å². The van der Waals surface area contributed by atoms with Gasteiger partial charge >= 0.3 is 0 Å². The van der Waals surface area contributed by atoms with Crippen LogP contribution in [-0.4, -0.2) is 14.8 Å². The highest BCUT2D eigenvalue weighted by molar-refractivity contribution is 6.17. The maximum absolute atomic E-state index is 12.9. The molecule has 2 aromatic heterocycles. The van der Waals surface area contributed by atoms with Crippen LogP contribution in [-0.2, 0) is 12.4 Å². The highest BCUT2D eigenvalue weighted by atomic mass is 35.5. The van der Waals surface area contributed by atoms with Gasteiger partial charge in [-0.3, -0.25) is 4.68 Å². The third kappa shape index (κ3) is 2.74. The van der Waals surface area contributed by atoms with Crippen molar-refractivity contribution in [2.75, 3.05) is 0 Å². The maximum Gasteiger partial charge on any atom is 0.223 e. The van der Waals surface area contributed by atoms with Crippen molar-refractivity contribution in [3.8, 4) is 11.6 Å². The molecule has 0 aliphatic heterocycles. The Kier molecular flexibility index (Phi) is 3.58. The minimum Gasteiger partial charge on any atom is -0.435 e. The van der Waals surface area contributed by atoms with Crippen LogP contribution in [0.15, 0.2) is 24.7 Å². The highest BCUT2D eigenvalue weighted by Crippen LogP contribution is 2.24. The Hall–Kier alpha value is -1.62. The summed E-state index contributed by atoms with van der Waals surface area (Å²) in [4.78, 5) is 3.86. The number of nitrogens with zero attached hydrogens (tertiary/aromatic N) is 3. The summed E-state index contributed by atoms with van der Waals surface area (Å²) < 4.78 is 20.2.